The SMILES string of the molecule is CCOC(=O)C(C=O)C(C)c1cccnc1. The number of ether oxygens (including phenoxy) is 1. The number of carbonyl (C=O) groups excluding carboxylic acids is 2. The molecule has 1 heterocycles. The van der Waals surface area contributed by atoms with Gasteiger partial charge in [-0.05, 0) is 18.6 Å². The van der Waals surface area contributed by atoms with Crippen molar-refractivity contribution in [2.24, 2.45) is 5.92 Å². The zero-order chi connectivity index (χ0) is 12.0. The molecule has 0 spiro atoms. The maximum atomic E-state index is 11.5. The van der Waals surface area contributed by atoms with Crippen molar-refractivity contribution in [3.05, 3.63) is 30.1 Å². The van der Waals surface area contributed by atoms with Crippen LogP contribution in [-0.2, 0) is 14.3 Å². The van der Waals surface area contributed by atoms with Gasteiger partial charge in [0.25, 0.3) is 0 Å². The van der Waals surface area contributed by atoms with E-state index < -0.39 is 11.9 Å². The first-order valence-corrected chi connectivity index (χ1v) is 5.22. The van der Waals surface area contributed by atoms with Gasteiger partial charge in [0.2, 0.25) is 0 Å². The molecule has 1 rings (SSSR count). The first-order chi connectivity index (χ1) is 7.70. The summed E-state index contributed by atoms with van der Waals surface area (Å²) in [6, 6.07) is 3.62. The molecule has 1 aromatic rings. The minimum Gasteiger partial charge on any atom is -0.465 e. The number of esters is 1. The van der Waals surface area contributed by atoms with Gasteiger partial charge in [0.1, 0.15) is 12.2 Å². The highest BCUT2D eigenvalue weighted by atomic mass is 16.5. The summed E-state index contributed by atoms with van der Waals surface area (Å²) in [5, 5.41) is 0. The highest BCUT2D eigenvalue weighted by Gasteiger charge is 2.27. The first kappa shape index (κ1) is 12.4. The standard InChI is InChI=1S/C12H15NO3/c1-3-16-12(15)11(8-14)9(2)10-5-4-6-13-7-10/h4-9,11H,3H2,1-2H3. The molecule has 0 amide bonds. The van der Waals surface area contributed by atoms with Gasteiger partial charge in [-0.15, -0.1) is 0 Å². The molecule has 4 heteroatoms. The number of hydrogen-bond acceptors (Lipinski definition) is 4. The van der Waals surface area contributed by atoms with Crippen molar-refractivity contribution in [1.82, 2.24) is 4.98 Å². The van der Waals surface area contributed by atoms with Gasteiger partial charge in [-0.2, -0.15) is 0 Å². The molecule has 0 bridgehead atoms. The Morgan fingerprint density at radius 1 is 1.62 bits per heavy atom. The van der Waals surface area contributed by atoms with Crippen molar-refractivity contribution in [1.29, 1.82) is 0 Å². The van der Waals surface area contributed by atoms with Gasteiger partial charge >= 0.3 is 5.97 Å². The molecule has 0 saturated heterocycles. The molecule has 0 saturated carbocycles. The van der Waals surface area contributed by atoms with Crippen molar-refractivity contribution in [2.45, 2.75) is 19.8 Å². The van der Waals surface area contributed by atoms with E-state index in [0.29, 0.717) is 6.29 Å². The summed E-state index contributed by atoms with van der Waals surface area (Å²) in [6.07, 6.45) is 3.94. The molecule has 0 aromatic carbocycles. The lowest BCUT2D eigenvalue weighted by molar-refractivity contribution is -0.149. The van der Waals surface area contributed by atoms with Crippen molar-refractivity contribution < 1.29 is 14.3 Å². The van der Waals surface area contributed by atoms with Crippen LogP contribution in [0.2, 0.25) is 0 Å². The second-order valence-corrected chi connectivity index (χ2v) is 3.49. The fourth-order valence-electron chi connectivity index (χ4n) is 1.47. The molecule has 2 atom stereocenters. The highest BCUT2D eigenvalue weighted by molar-refractivity contribution is 5.88. The summed E-state index contributed by atoms with van der Waals surface area (Å²) >= 11 is 0. The van der Waals surface area contributed by atoms with Gasteiger partial charge in [-0.3, -0.25) is 9.78 Å². The van der Waals surface area contributed by atoms with Crippen LogP contribution in [0, 0.1) is 5.92 Å². The average Bonchev–Trinajstić information content (AvgIpc) is 2.31. The Morgan fingerprint density at radius 2 is 2.38 bits per heavy atom. The number of carbonyl (C=O) groups is 2. The fraction of sp³-hybridized carbons (Fsp3) is 0.417. The van der Waals surface area contributed by atoms with Crippen molar-refractivity contribution in [2.75, 3.05) is 6.61 Å². The van der Waals surface area contributed by atoms with E-state index in [0.717, 1.165) is 5.56 Å². The Morgan fingerprint density at radius 3 is 2.88 bits per heavy atom. The maximum Gasteiger partial charge on any atom is 0.316 e. The Labute approximate surface area is 94.6 Å². The molecule has 86 valence electrons. The fourth-order valence-corrected chi connectivity index (χ4v) is 1.47. The van der Waals surface area contributed by atoms with E-state index in [1.807, 2.05) is 13.0 Å². The van der Waals surface area contributed by atoms with Crippen LogP contribution in [0.5, 0.6) is 0 Å². The van der Waals surface area contributed by atoms with Gasteiger partial charge in [-0.1, -0.05) is 13.0 Å². The largest absolute Gasteiger partial charge is 0.465 e. The molecular weight excluding hydrogens is 206 g/mol. The van der Waals surface area contributed by atoms with Gasteiger partial charge in [0.15, 0.2) is 0 Å². The minimum absolute atomic E-state index is 0.217. The Kier molecular flexibility index (Phi) is 4.64. The van der Waals surface area contributed by atoms with Crippen LogP contribution in [-0.4, -0.2) is 23.8 Å². The van der Waals surface area contributed by atoms with Gasteiger partial charge < -0.3 is 9.53 Å². The van der Waals surface area contributed by atoms with E-state index in [-0.39, 0.29) is 12.5 Å². The van der Waals surface area contributed by atoms with Gasteiger partial charge in [0.05, 0.1) is 6.61 Å². The van der Waals surface area contributed by atoms with E-state index in [1.165, 1.54) is 0 Å². The third kappa shape index (κ3) is 2.89. The van der Waals surface area contributed by atoms with Crippen LogP contribution in [0.25, 0.3) is 0 Å². The second kappa shape index (κ2) is 6.00. The topological polar surface area (TPSA) is 56.3 Å². The highest BCUT2D eigenvalue weighted by Crippen LogP contribution is 2.23. The van der Waals surface area contributed by atoms with Crippen LogP contribution in [0.1, 0.15) is 25.3 Å². The summed E-state index contributed by atoms with van der Waals surface area (Å²) in [4.78, 5) is 26.4. The lowest BCUT2D eigenvalue weighted by Gasteiger charge is -2.17. The third-order valence-corrected chi connectivity index (χ3v) is 2.45. The minimum atomic E-state index is -0.760. The summed E-state index contributed by atoms with van der Waals surface area (Å²) in [5.74, 6) is -1.46. The zero-order valence-corrected chi connectivity index (χ0v) is 9.42. The van der Waals surface area contributed by atoms with Crippen LogP contribution in [0.4, 0.5) is 0 Å². The normalized spacial score (nSPS) is 13.9. The van der Waals surface area contributed by atoms with Crippen molar-refractivity contribution in [3.8, 4) is 0 Å². The predicted octanol–water partition coefficient (Wildman–Crippen LogP) is 1.56. The van der Waals surface area contributed by atoms with Gasteiger partial charge in [-0.25, -0.2) is 0 Å². The lowest BCUT2D eigenvalue weighted by atomic mass is 9.89. The summed E-state index contributed by atoms with van der Waals surface area (Å²) in [7, 11) is 0. The molecule has 2 unspecified atom stereocenters. The Bertz CT molecular complexity index is 351. The lowest BCUT2D eigenvalue weighted by Crippen LogP contribution is -2.24. The number of hydrogen-bond donors (Lipinski definition) is 0. The smallest absolute Gasteiger partial charge is 0.316 e. The summed E-state index contributed by atoms with van der Waals surface area (Å²) < 4.78 is 4.85. The first-order valence-electron chi connectivity index (χ1n) is 5.22. The average molecular weight is 221 g/mol. The van der Waals surface area contributed by atoms with E-state index >= 15 is 0 Å². The number of rotatable bonds is 5. The van der Waals surface area contributed by atoms with Crippen molar-refractivity contribution in [3.63, 3.8) is 0 Å². The quantitative estimate of drug-likeness (QED) is 0.430. The molecule has 4 nitrogen and oxygen atoms in total. The van der Waals surface area contributed by atoms with Gasteiger partial charge in [0, 0.05) is 18.3 Å². The molecule has 0 aliphatic heterocycles. The number of nitrogens with zero attached hydrogens (tertiary/aromatic N) is 1. The van der Waals surface area contributed by atoms with E-state index in [9.17, 15) is 9.59 Å². The van der Waals surface area contributed by atoms with Crippen LogP contribution in [0.15, 0.2) is 24.5 Å². The molecule has 0 radical (unpaired) electrons. The van der Waals surface area contributed by atoms with Crippen LogP contribution >= 0.6 is 0 Å². The second-order valence-electron chi connectivity index (χ2n) is 3.49. The molecule has 0 aliphatic rings. The molecule has 0 N–H and O–H groups in total. The Hall–Kier alpha value is -1.71. The molecule has 16 heavy (non-hydrogen) atoms. The monoisotopic (exact) mass is 221 g/mol. The van der Waals surface area contributed by atoms with Crippen molar-refractivity contribution >= 4 is 12.3 Å². The van der Waals surface area contributed by atoms with E-state index in [4.69, 9.17) is 4.74 Å². The van der Waals surface area contributed by atoms with E-state index in [1.54, 1.807) is 25.4 Å². The molecular formula is C12H15NO3. The molecule has 1 aromatic heterocycles. The van der Waals surface area contributed by atoms with Crippen LogP contribution in [0.3, 0.4) is 0 Å². The zero-order valence-electron chi connectivity index (χ0n) is 9.42. The number of aldehydes is 1. The van der Waals surface area contributed by atoms with Crippen LogP contribution < -0.4 is 0 Å². The number of aromatic nitrogens is 1. The third-order valence-electron chi connectivity index (χ3n) is 2.45. The number of pyridine rings is 1. The van der Waals surface area contributed by atoms with E-state index in [2.05, 4.69) is 4.98 Å². The molecule has 0 fully saturated rings. The maximum absolute atomic E-state index is 11.5. The molecule has 0 aliphatic carbocycles. The predicted molar refractivity (Wildman–Crippen MR) is 58.8 cm³/mol. The summed E-state index contributed by atoms with van der Waals surface area (Å²) in [6.45, 7) is 3.81. The summed E-state index contributed by atoms with van der Waals surface area (Å²) in [5.41, 5.74) is 0.854. The Balaban J connectivity index is 2.81.